The van der Waals surface area contributed by atoms with Gasteiger partial charge in [0.2, 0.25) is 0 Å². The molecule has 0 spiro atoms. The van der Waals surface area contributed by atoms with Crippen LogP contribution in [-0.4, -0.2) is 165 Å². The Morgan fingerprint density at radius 1 is 0.598 bits per heavy atom. The number of carbonyl (C=O) groups is 3. The molecule has 0 saturated heterocycles. The number of imidazole rings is 5. The van der Waals surface area contributed by atoms with E-state index in [9.17, 15) is 23.2 Å². The number of nitrogens with two attached hydrogens (primary N) is 1. The molecule has 16 heterocycles. The van der Waals surface area contributed by atoms with Gasteiger partial charge >= 0.3 is 11.9 Å². The van der Waals surface area contributed by atoms with E-state index in [0.717, 1.165) is 55.7 Å². The van der Waals surface area contributed by atoms with E-state index in [4.69, 9.17) is 48.7 Å². The summed E-state index contributed by atoms with van der Waals surface area (Å²) < 4.78 is 51.4. The smallest absolute Gasteiger partial charge is 0.361 e. The molecule has 35 nitrogen and oxygen atoms in total. The number of ether oxygens (including phenoxy) is 1. The highest BCUT2D eigenvalue weighted by Gasteiger charge is 2.29. The lowest BCUT2D eigenvalue weighted by Gasteiger charge is -2.18. The molecule has 1 amide bonds. The number of carbonyl (C=O) groups excluding carboxylic acids is 2. The summed E-state index contributed by atoms with van der Waals surface area (Å²) in [6, 6.07) is 9.32. The summed E-state index contributed by atoms with van der Waals surface area (Å²) in [6.07, 6.45) is 35.0. The molecule has 0 atom stereocenters. The minimum Gasteiger partial charge on any atom is -0.476 e. The van der Waals surface area contributed by atoms with Gasteiger partial charge in [-0.2, -0.15) is 15.3 Å². The first-order valence-electron chi connectivity index (χ1n) is 34.9. The molecule has 3 fully saturated rings. The minimum absolute atomic E-state index is 0. The number of nitrogens with zero attached hydrogens (tertiary/aromatic N) is 27. The van der Waals surface area contributed by atoms with Crippen molar-refractivity contribution in [1.82, 2.24) is 142 Å². The molecule has 16 aromatic rings. The lowest BCUT2D eigenvalue weighted by Crippen LogP contribution is -2.24. The molecule has 0 aliphatic heterocycles. The minimum atomic E-state index is -1.10. The molecular weight excluding hydrogens is 1580 g/mol. The highest BCUT2D eigenvalue weighted by atomic mass is 79.9. The highest BCUT2D eigenvalue weighted by Crippen LogP contribution is 2.43. The van der Waals surface area contributed by atoms with Crippen LogP contribution in [-0.2, 0) is 37.5 Å². The second-order valence-corrected chi connectivity index (χ2v) is 29.3. The number of rotatable bonds is 17. The summed E-state index contributed by atoms with van der Waals surface area (Å²) in [5.41, 5.74) is 16.8. The van der Waals surface area contributed by atoms with Gasteiger partial charge in [0.15, 0.2) is 45.7 Å². The van der Waals surface area contributed by atoms with Crippen LogP contribution in [0.4, 0.5) is 8.78 Å². The average Bonchev–Trinajstić information content (AvgIpc) is 1.63. The van der Waals surface area contributed by atoms with E-state index >= 15 is 0 Å². The van der Waals surface area contributed by atoms with Crippen LogP contribution in [0.1, 0.15) is 171 Å². The quantitative estimate of drug-likeness (QED) is 0.0615. The fraction of sp³-hybridized carbons (Fsp3) is 0.296. The fourth-order valence-corrected chi connectivity index (χ4v) is 12.9. The van der Waals surface area contributed by atoms with Gasteiger partial charge in [0.05, 0.1) is 100 Å². The molecule has 3 saturated carbocycles. The number of aromatic carboxylic acids is 1. The second kappa shape index (κ2) is 32.1. The molecule has 19 rings (SSSR count). The van der Waals surface area contributed by atoms with Gasteiger partial charge in [-0.1, -0.05) is 38.8 Å². The Bertz CT molecular complexity index is 6130. The molecule has 0 bridgehead atoms. The van der Waals surface area contributed by atoms with Crippen LogP contribution in [0.5, 0.6) is 0 Å². The van der Waals surface area contributed by atoms with Crippen LogP contribution >= 0.6 is 51.5 Å². The predicted molar refractivity (Wildman–Crippen MR) is 406 cm³/mol. The number of esters is 1. The summed E-state index contributed by atoms with van der Waals surface area (Å²) in [6.45, 7) is 12.3. The Balaban J connectivity index is 0.000000126. The van der Waals surface area contributed by atoms with Gasteiger partial charge < -0.3 is 42.9 Å². The number of aryl methyl sites for hydroxylation is 3. The molecule has 5 N–H and O–H groups in total. The zero-order valence-electron chi connectivity index (χ0n) is 60.7. The molecule has 576 valence electrons. The number of carboxylic acid groups (broad SMARTS) is 1. The lowest BCUT2D eigenvalue weighted by atomic mass is 10.2. The molecule has 0 aromatic carbocycles. The van der Waals surface area contributed by atoms with Gasteiger partial charge in [0, 0.05) is 56.1 Å². The standard InChI is InChI=1S/C25H21ClFN11O.C18H20BrN5O2.C17H16N8O2.C8H7ClFN3.C3H5N3.ClH/c1-14-29-13-38(33-14)21-6-16(15-2-3-15)8-36-9-17(31-24(21)36)10-37-11-20(32-34-37)25(39)28-7-19-23-22(27)18(26)4-5-35(23)12-30-19;1-18(2,3)26-17(25)15-10-24(22-21-15)9-13-8-23-7-12(11-4-5-11)6-14(19)16(23)20-13;1-10-18-9-25(21-10)15-4-12(11-2-3-11)5-23-6-13(19-16(15)23)7-24-8-14(17(26)27)20-22-24;9-5-1-2-13-4-12-6(3-11)8(13)7(5)10;1-3-4-2-5-6-3;/h4-6,8-9,11-13,15H,2-3,7,10H2,1H3,(H,28,39);6-8,10-11H,4-5,9H2,1-3H3;4-6,8-9,11H,2-3,7H2,1H3,(H,26,27);1-2,4H,3,11H2;2H,1H3,(H,4,5,6);1H. The Hall–Kier alpha value is -12.1. The van der Waals surface area contributed by atoms with Crippen molar-refractivity contribution in [3.05, 3.63) is 236 Å². The number of amides is 1. The third kappa shape index (κ3) is 17.5. The third-order valence-corrected chi connectivity index (χ3v) is 18.9. The fourth-order valence-electron chi connectivity index (χ4n) is 12.1. The largest absolute Gasteiger partial charge is 0.476 e. The van der Waals surface area contributed by atoms with Crippen molar-refractivity contribution in [3.8, 4) is 11.4 Å². The zero-order valence-corrected chi connectivity index (χ0v) is 64.6. The molecule has 16 aromatic heterocycles. The van der Waals surface area contributed by atoms with E-state index in [2.05, 4.69) is 139 Å². The number of carboxylic acids is 1. The molecule has 0 unspecified atom stereocenters. The van der Waals surface area contributed by atoms with Crippen LogP contribution in [0.25, 0.3) is 39.3 Å². The number of halogens is 6. The number of hydrogen-bond donors (Lipinski definition) is 4. The summed E-state index contributed by atoms with van der Waals surface area (Å²) >= 11 is 15.1. The van der Waals surface area contributed by atoms with Crippen molar-refractivity contribution in [1.29, 1.82) is 0 Å². The monoisotopic (exact) mass is 1640 g/mol. The number of hydrogen-bond acceptors (Lipinski definition) is 22. The molecule has 3 aliphatic rings. The van der Waals surface area contributed by atoms with Gasteiger partial charge in [-0.3, -0.25) is 9.89 Å². The molecule has 0 radical (unpaired) electrons. The second-order valence-electron chi connectivity index (χ2n) is 27.6. The maximum absolute atomic E-state index is 14.5. The Morgan fingerprint density at radius 2 is 1.04 bits per heavy atom. The maximum atomic E-state index is 14.5. The van der Waals surface area contributed by atoms with Gasteiger partial charge in [-0.05, 0) is 161 Å². The number of pyridine rings is 5. The number of H-pyrrole nitrogens is 1. The van der Waals surface area contributed by atoms with Crippen molar-refractivity contribution in [2.75, 3.05) is 0 Å². The molecule has 41 heteroatoms. The van der Waals surface area contributed by atoms with E-state index in [-0.39, 0.29) is 58.1 Å². The van der Waals surface area contributed by atoms with E-state index < -0.39 is 35.1 Å². The lowest BCUT2D eigenvalue weighted by molar-refractivity contribution is 0.00621. The Labute approximate surface area is 657 Å². The van der Waals surface area contributed by atoms with Gasteiger partial charge in [-0.25, -0.2) is 81.7 Å². The summed E-state index contributed by atoms with van der Waals surface area (Å²) in [5, 5.41) is 50.4. The first kappa shape index (κ1) is 76.6. The van der Waals surface area contributed by atoms with Crippen LogP contribution in [0, 0.1) is 32.4 Å². The van der Waals surface area contributed by atoms with Gasteiger partial charge in [0.25, 0.3) is 5.91 Å². The van der Waals surface area contributed by atoms with Crippen LogP contribution < -0.4 is 11.1 Å². The SMILES string of the molecule is CC(C)(C)OC(=O)c1cn(Cc2cn3cc(C4CC4)cc(Br)c3n2)nn1.Cc1ncn(-c2cc(C3CC3)cn3cc(Cn4cc(C(=O)NCc5ncn6ccc(Cl)c(F)c56)nn4)nc23)n1.Cc1ncn(-c2cc(C3CC3)cn3cc(Cn4cc(C(=O)O)nn4)nc23)n1.Cc1ncn[nH]1.Cl.NCc1ncn2ccc(Cl)c(F)c12. The Kier molecular flexibility index (Phi) is 21.9. The number of aromatic amines is 1. The summed E-state index contributed by atoms with van der Waals surface area (Å²) in [4.78, 5) is 70.3. The summed E-state index contributed by atoms with van der Waals surface area (Å²) in [7, 11) is 0. The van der Waals surface area contributed by atoms with E-state index in [1.807, 2.05) is 73.3 Å². The summed E-state index contributed by atoms with van der Waals surface area (Å²) in [5.74, 6) is 0.935. The number of aromatic nitrogens is 28. The van der Waals surface area contributed by atoms with Crippen LogP contribution in [0.2, 0.25) is 10.0 Å². The van der Waals surface area contributed by atoms with E-state index in [0.29, 0.717) is 65.9 Å². The highest BCUT2D eigenvalue weighted by molar-refractivity contribution is 9.10. The zero-order chi connectivity index (χ0) is 77.5. The van der Waals surface area contributed by atoms with Crippen molar-refractivity contribution in [2.45, 2.75) is 136 Å². The predicted octanol–water partition coefficient (Wildman–Crippen LogP) is 10.2. The average molecular weight is 1650 g/mol. The molecule has 112 heavy (non-hydrogen) atoms. The first-order chi connectivity index (χ1) is 53.4. The van der Waals surface area contributed by atoms with Crippen molar-refractivity contribution >= 4 is 97.4 Å². The first-order valence-corrected chi connectivity index (χ1v) is 36.5. The van der Waals surface area contributed by atoms with Gasteiger partial charge in [-0.15, -0.1) is 27.7 Å². The topological polar surface area (TPSA) is 400 Å². The normalized spacial score (nSPS) is 13.3. The molecule has 3 aliphatic carbocycles. The third-order valence-electron chi connectivity index (χ3n) is 17.8. The molecular formula is C71H70BrCl3F2N30O5. The van der Waals surface area contributed by atoms with Crippen LogP contribution in [0.3, 0.4) is 0 Å². The van der Waals surface area contributed by atoms with E-state index in [1.54, 1.807) is 60.6 Å². The number of nitrogens with one attached hydrogen (secondary N) is 2. The van der Waals surface area contributed by atoms with Crippen molar-refractivity contribution < 1.29 is 33.0 Å². The van der Waals surface area contributed by atoms with Gasteiger partial charge in [0.1, 0.15) is 64.5 Å². The Morgan fingerprint density at radius 3 is 1.47 bits per heavy atom. The van der Waals surface area contributed by atoms with Crippen LogP contribution in [0.15, 0.2) is 135 Å². The van der Waals surface area contributed by atoms with E-state index in [1.165, 1.54) is 102 Å². The van der Waals surface area contributed by atoms with Crippen molar-refractivity contribution in [3.63, 3.8) is 0 Å². The maximum Gasteiger partial charge on any atom is 0.361 e. The number of fused-ring (bicyclic) bond motifs is 5. The van der Waals surface area contributed by atoms with Crippen molar-refractivity contribution in [2.24, 2.45) is 5.73 Å².